The number of hydrogen-bond acceptors (Lipinski definition) is 1. The molecule has 1 fully saturated rings. The molecule has 1 nitrogen and oxygen atoms in total. The summed E-state index contributed by atoms with van der Waals surface area (Å²) in [6.07, 6.45) is 6.06. The van der Waals surface area contributed by atoms with Gasteiger partial charge in [-0.1, -0.05) is 24.9 Å². The fraction of sp³-hybridized carbons (Fsp3) is 0.500. The van der Waals surface area contributed by atoms with E-state index in [2.05, 4.69) is 30.3 Å². The second-order valence-electron chi connectivity index (χ2n) is 4.92. The third kappa shape index (κ3) is 1.49. The molecule has 0 saturated heterocycles. The summed E-state index contributed by atoms with van der Waals surface area (Å²) in [5.41, 5.74) is 2.51. The van der Waals surface area contributed by atoms with Crippen molar-refractivity contribution in [2.75, 3.05) is 0 Å². The molecule has 0 radical (unpaired) electrons. The molecule has 0 aromatic heterocycles. The Morgan fingerprint density at radius 3 is 3.06 bits per heavy atom. The number of hydrogen-bond donors (Lipinski definition) is 0. The maximum atomic E-state index is 6.11. The lowest BCUT2D eigenvalue weighted by molar-refractivity contribution is 0.449. The molecule has 16 heavy (non-hydrogen) atoms. The van der Waals surface area contributed by atoms with Gasteiger partial charge in [-0.05, 0) is 48.4 Å². The van der Waals surface area contributed by atoms with Crippen LogP contribution in [0, 0.1) is 11.8 Å². The Kier molecular flexibility index (Phi) is 2.51. The van der Waals surface area contributed by atoms with Gasteiger partial charge in [0.1, 0.15) is 0 Å². The molecule has 84 valence electrons. The number of fused-ring (bicyclic) bond motifs is 3. The van der Waals surface area contributed by atoms with E-state index in [0.717, 1.165) is 16.6 Å². The summed E-state index contributed by atoms with van der Waals surface area (Å²) in [7, 11) is 0. The molecule has 1 aromatic carbocycles. The number of nitrogens with zero attached hydrogens (tertiary/aromatic N) is 1. The first kappa shape index (κ1) is 10.3. The fourth-order valence-electron chi connectivity index (χ4n) is 3.31. The number of rotatable bonds is 1. The molecule has 1 heterocycles. The maximum absolute atomic E-state index is 6.11. The lowest BCUT2D eigenvalue weighted by atomic mass is 9.80. The van der Waals surface area contributed by atoms with E-state index in [4.69, 9.17) is 11.6 Å². The first-order valence-corrected chi connectivity index (χ1v) is 6.51. The summed E-state index contributed by atoms with van der Waals surface area (Å²) >= 11 is 6.11. The van der Waals surface area contributed by atoms with Crippen molar-refractivity contribution in [2.45, 2.75) is 32.1 Å². The SMILES string of the molecule is CCC1CCC2C=Nc3ccc(Cl)cc3C21. The summed E-state index contributed by atoms with van der Waals surface area (Å²) in [6, 6.07) is 6.11. The number of halogens is 1. The van der Waals surface area contributed by atoms with Crippen LogP contribution in [0.15, 0.2) is 23.2 Å². The predicted molar refractivity (Wildman–Crippen MR) is 68.9 cm³/mol. The first-order valence-electron chi connectivity index (χ1n) is 6.13. The van der Waals surface area contributed by atoms with Gasteiger partial charge in [-0.2, -0.15) is 0 Å². The van der Waals surface area contributed by atoms with Crippen LogP contribution in [0.3, 0.4) is 0 Å². The molecule has 2 heteroatoms. The van der Waals surface area contributed by atoms with E-state index in [-0.39, 0.29) is 0 Å². The summed E-state index contributed by atoms with van der Waals surface area (Å²) < 4.78 is 0. The van der Waals surface area contributed by atoms with Gasteiger partial charge in [-0.15, -0.1) is 0 Å². The zero-order chi connectivity index (χ0) is 11.1. The second-order valence-corrected chi connectivity index (χ2v) is 5.35. The molecule has 1 aliphatic carbocycles. The highest BCUT2D eigenvalue weighted by Crippen LogP contribution is 2.50. The molecule has 1 saturated carbocycles. The van der Waals surface area contributed by atoms with Gasteiger partial charge in [-0.3, -0.25) is 4.99 Å². The Bertz CT molecular complexity index is 438. The predicted octanol–water partition coefficient (Wildman–Crippen LogP) is 4.58. The minimum Gasteiger partial charge on any atom is -0.261 e. The molecule has 2 aliphatic rings. The van der Waals surface area contributed by atoms with Crippen LogP contribution in [0.1, 0.15) is 37.7 Å². The topological polar surface area (TPSA) is 12.4 Å². The van der Waals surface area contributed by atoms with E-state index in [0.29, 0.717) is 11.8 Å². The van der Waals surface area contributed by atoms with Crippen LogP contribution in [-0.4, -0.2) is 6.21 Å². The third-order valence-corrected chi connectivity index (χ3v) is 4.35. The van der Waals surface area contributed by atoms with Gasteiger partial charge in [-0.25, -0.2) is 0 Å². The standard InChI is InChI=1S/C14H16ClN/c1-2-9-3-4-10-8-16-13-6-5-11(15)7-12(13)14(9)10/h5-10,14H,2-4H2,1H3. The molecular weight excluding hydrogens is 218 g/mol. The van der Waals surface area contributed by atoms with Crippen molar-refractivity contribution in [3.8, 4) is 0 Å². The second kappa shape index (κ2) is 3.89. The van der Waals surface area contributed by atoms with Gasteiger partial charge < -0.3 is 0 Å². The minimum atomic E-state index is 0.649. The molecule has 1 aliphatic heterocycles. The number of aliphatic imine (C=N–C) groups is 1. The van der Waals surface area contributed by atoms with Crippen molar-refractivity contribution in [3.63, 3.8) is 0 Å². The summed E-state index contributed by atoms with van der Waals surface area (Å²) in [5.74, 6) is 2.13. The Balaban J connectivity index is 2.09. The monoisotopic (exact) mass is 233 g/mol. The van der Waals surface area contributed by atoms with Gasteiger partial charge in [0.25, 0.3) is 0 Å². The van der Waals surface area contributed by atoms with Crippen LogP contribution in [0.5, 0.6) is 0 Å². The van der Waals surface area contributed by atoms with Crippen molar-refractivity contribution in [3.05, 3.63) is 28.8 Å². The van der Waals surface area contributed by atoms with Gasteiger partial charge in [0, 0.05) is 17.2 Å². The Morgan fingerprint density at radius 2 is 2.25 bits per heavy atom. The molecule has 0 amide bonds. The first-order chi connectivity index (χ1) is 7.79. The van der Waals surface area contributed by atoms with Crippen molar-refractivity contribution in [2.24, 2.45) is 16.8 Å². The molecule has 3 atom stereocenters. The largest absolute Gasteiger partial charge is 0.261 e. The van der Waals surface area contributed by atoms with Gasteiger partial charge in [0.15, 0.2) is 0 Å². The van der Waals surface area contributed by atoms with E-state index >= 15 is 0 Å². The highest BCUT2D eigenvalue weighted by Gasteiger charge is 2.38. The number of benzene rings is 1. The highest BCUT2D eigenvalue weighted by molar-refractivity contribution is 6.30. The van der Waals surface area contributed by atoms with Gasteiger partial charge in [0.05, 0.1) is 5.69 Å². The molecule has 1 aromatic rings. The average Bonchev–Trinajstić information content (AvgIpc) is 2.72. The Morgan fingerprint density at radius 1 is 1.38 bits per heavy atom. The lowest BCUT2D eigenvalue weighted by Gasteiger charge is -2.27. The fourth-order valence-corrected chi connectivity index (χ4v) is 3.49. The van der Waals surface area contributed by atoms with Crippen LogP contribution in [0.25, 0.3) is 0 Å². The zero-order valence-electron chi connectivity index (χ0n) is 9.49. The molecule has 3 rings (SSSR count). The highest BCUT2D eigenvalue weighted by atomic mass is 35.5. The smallest absolute Gasteiger partial charge is 0.0661 e. The van der Waals surface area contributed by atoms with Crippen molar-refractivity contribution < 1.29 is 0 Å². The van der Waals surface area contributed by atoms with Crippen LogP contribution < -0.4 is 0 Å². The van der Waals surface area contributed by atoms with Crippen LogP contribution in [0.2, 0.25) is 5.02 Å². The molecule has 0 N–H and O–H groups in total. The van der Waals surface area contributed by atoms with Gasteiger partial charge >= 0.3 is 0 Å². The van der Waals surface area contributed by atoms with Crippen LogP contribution in [0.4, 0.5) is 5.69 Å². The van der Waals surface area contributed by atoms with E-state index < -0.39 is 0 Å². The summed E-state index contributed by atoms with van der Waals surface area (Å²) in [4.78, 5) is 4.56. The van der Waals surface area contributed by atoms with Crippen molar-refractivity contribution in [1.82, 2.24) is 0 Å². The minimum absolute atomic E-state index is 0.649. The maximum Gasteiger partial charge on any atom is 0.0661 e. The quantitative estimate of drug-likeness (QED) is 0.674. The van der Waals surface area contributed by atoms with E-state index in [1.54, 1.807) is 0 Å². The third-order valence-electron chi connectivity index (χ3n) is 4.12. The summed E-state index contributed by atoms with van der Waals surface area (Å²) in [6.45, 7) is 2.29. The average molecular weight is 234 g/mol. The van der Waals surface area contributed by atoms with Crippen molar-refractivity contribution in [1.29, 1.82) is 0 Å². The normalized spacial score (nSPS) is 31.2. The van der Waals surface area contributed by atoms with E-state index in [1.165, 1.54) is 24.8 Å². The van der Waals surface area contributed by atoms with E-state index in [1.807, 2.05) is 6.07 Å². The van der Waals surface area contributed by atoms with Crippen LogP contribution >= 0.6 is 11.6 Å². The molecule has 3 unspecified atom stereocenters. The zero-order valence-corrected chi connectivity index (χ0v) is 10.2. The molecule has 0 spiro atoms. The lowest BCUT2D eigenvalue weighted by Crippen LogP contribution is -2.16. The van der Waals surface area contributed by atoms with Gasteiger partial charge in [0.2, 0.25) is 0 Å². The Hall–Kier alpha value is -0.820. The Labute approximate surface area is 102 Å². The van der Waals surface area contributed by atoms with Crippen molar-refractivity contribution >= 4 is 23.5 Å². The molecule has 0 bridgehead atoms. The van der Waals surface area contributed by atoms with Crippen LogP contribution in [-0.2, 0) is 0 Å². The summed E-state index contributed by atoms with van der Waals surface area (Å²) in [5, 5.41) is 0.844. The molecular formula is C14H16ClN. The van der Waals surface area contributed by atoms with E-state index in [9.17, 15) is 0 Å².